The quantitative estimate of drug-likeness (QED) is 0.654. The van der Waals surface area contributed by atoms with Crippen LogP contribution in [0.3, 0.4) is 0 Å². The minimum atomic E-state index is -0.697. The molecule has 2 fully saturated rings. The van der Waals surface area contributed by atoms with Gasteiger partial charge in [0.25, 0.3) is 0 Å². The predicted octanol–water partition coefficient (Wildman–Crippen LogP) is 0.973. The summed E-state index contributed by atoms with van der Waals surface area (Å²) in [5.41, 5.74) is -0.163. The first kappa shape index (κ1) is 11.9. The van der Waals surface area contributed by atoms with Crippen molar-refractivity contribution in [3.05, 3.63) is 0 Å². The molecule has 1 aliphatic carbocycles. The van der Waals surface area contributed by atoms with Gasteiger partial charge in [-0.1, -0.05) is 19.3 Å². The van der Waals surface area contributed by atoms with E-state index in [-0.39, 0.29) is 12.0 Å². The molecule has 4 nitrogen and oxygen atoms in total. The molecule has 2 aliphatic rings. The van der Waals surface area contributed by atoms with Crippen LogP contribution in [0.2, 0.25) is 0 Å². The molecule has 16 heavy (non-hydrogen) atoms. The zero-order valence-corrected chi connectivity index (χ0v) is 9.80. The number of rotatable bonds is 5. The first-order valence-electron chi connectivity index (χ1n) is 6.38. The molecule has 1 heterocycles. The second-order valence-electron chi connectivity index (χ2n) is 5.34. The van der Waals surface area contributed by atoms with Crippen LogP contribution < -0.4 is 10.6 Å². The maximum absolute atomic E-state index is 10.8. The summed E-state index contributed by atoms with van der Waals surface area (Å²) in [5, 5.41) is 15.5. The summed E-state index contributed by atoms with van der Waals surface area (Å²) in [4.78, 5) is 10.8. The molecular formula is C12H22N2O2. The second-order valence-corrected chi connectivity index (χ2v) is 5.34. The van der Waals surface area contributed by atoms with Gasteiger partial charge in [0.15, 0.2) is 0 Å². The molecule has 0 aromatic carbocycles. The molecule has 0 aromatic rings. The van der Waals surface area contributed by atoms with E-state index in [1.165, 1.54) is 32.1 Å². The summed E-state index contributed by atoms with van der Waals surface area (Å²) in [6.45, 7) is 2.59. The highest BCUT2D eigenvalue weighted by molar-refractivity contribution is 5.68. The highest BCUT2D eigenvalue weighted by atomic mass is 16.4. The Morgan fingerprint density at radius 1 is 1.31 bits per heavy atom. The average Bonchev–Trinajstić information content (AvgIpc) is 2.23. The molecule has 1 saturated heterocycles. The van der Waals surface area contributed by atoms with Crippen LogP contribution in [-0.2, 0) is 4.79 Å². The number of nitrogens with one attached hydrogen (secondary N) is 2. The molecule has 92 valence electrons. The molecule has 0 unspecified atom stereocenters. The Bertz CT molecular complexity index is 245. The maximum atomic E-state index is 10.8. The molecule has 0 spiro atoms. The predicted molar refractivity (Wildman–Crippen MR) is 62.4 cm³/mol. The molecule has 1 saturated carbocycles. The van der Waals surface area contributed by atoms with E-state index in [0.717, 1.165) is 25.6 Å². The Hall–Kier alpha value is -0.610. The zero-order valence-electron chi connectivity index (χ0n) is 9.80. The van der Waals surface area contributed by atoms with Gasteiger partial charge in [0.1, 0.15) is 0 Å². The molecule has 0 bridgehead atoms. The van der Waals surface area contributed by atoms with E-state index in [0.29, 0.717) is 0 Å². The molecule has 0 atom stereocenters. The topological polar surface area (TPSA) is 61.4 Å². The van der Waals surface area contributed by atoms with E-state index in [1.54, 1.807) is 0 Å². The minimum Gasteiger partial charge on any atom is -0.481 e. The van der Waals surface area contributed by atoms with Crippen molar-refractivity contribution in [2.75, 3.05) is 19.6 Å². The van der Waals surface area contributed by atoms with Crippen LogP contribution in [-0.4, -0.2) is 36.2 Å². The number of carbonyl (C=O) groups is 1. The molecule has 0 amide bonds. The van der Waals surface area contributed by atoms with Crippen molar-refractivity contribution in [1.82, 2.24) is 10.6 Å². The zero-order chi connectivity index (χ0) is 11.4. The minimum absolute atomic E-state index is 0.163. The normalized spacial score (nSPS) is 25.0. The summed E-state index contributed by atoms with van der Waals surface area (Å²) in [6.07, 6.45) is 6.92. The Morgan fingerprint density at radius 2 is 2.00 bits per heavy atom. The Morgan fingerprint density at radius 3 is 2.50 bits per heavy atom. The Balaban J connectivity index is 1.75. The van der Waals surface area contributed by atoms with Crippen LogP contribution in [0.4, 0.5) is 0 Å². The molecule has 2 rings (SSSR count). The summed E-state index contributed by atoms with van der Waals surface area (Å²) < 4.78 is 0. The van der Waals surface area contributed by atoms with Gasteiger partial charge in [0, 0.05) is 13.1 Å². The van der Waals surface area contributed by atoms with Gasteiger partial charge in [-0.05, 0) is 25.3 Å². The number of hydrogen-bond acceptors (Lipinski definition) is 3. The molecular weight excluding hydrogens is 204 g/mol. The standard InChI is InChI=1S/C12H22N2O2/c15-11(16)6-12(8-13-9-12)14-7-10-4-2-1-3-5-10/h10,13-14H,1-9H2,(H,15,16). The maximum Gasteiger partial charge on any atom is 0.305 e. The average molecular weight is 226 g/mol. The van der Waals surface area contributed by atoms with E-state index in [1.807, 2.05) is 0 Å². The summed E-state index contributed by atoms with van der Waals surface area (Å²) in [5.74, 6) is 0.0673. The second kappa shape index (κ2) is 5.15. The fourth-order valence-electron chi connectivity index (χ4n) is 2.78. The smallest absolute Gasteiger partial charge is 0.305 e. The lowest BCUT2D eigenvalue weighted by atomic mass is 9.85. The van der Waals surface area contributed by atoms with E-state index in [4.69, 9.17) is 5.11 Å². The van der Waals surface area contributed by atoms with E-state index in [2.05, 4.69) is 10.6 Å². The monoisotopic (exact) mass is 226 g/mol. The summed E-state index contributed by atoms with van der Waals surface area (Å²) >= 11 is 0. The van der Waals surface area contributed by atoms with Crippen molar-refractivity contribution in [1.29, 1.82) is 0 Å². The van der Waals surface area contributed by atoms with E-state index in [9.17, 15) is 4.79 Å². The van der Waals surface area contributed by atoms with Crippen LogP contribution >= 0.6 is 0 Å². The van der Waals surface area contributed by atoms with Gasteiger partial charge in [0.2, 0.25) is 0 Å². The van der Waals surface area contributed by atoms with Gasteiger partial charge in [0.05, 0.1) is 12.0 Å². The number of carboxylic acids is 1. The highest BCUT2D eigenvalue weighted by Gasteiger charge is 2.38. The van der Waals surface area contributed by atoms with Crippen molar-refractivity contribution in [2.45, 2.75) is 44.1 Å². The van der Waals surface area contributed by atoms with Gasteiger partial charge in [-0.25, -0.2) is 0 Å². The number of carboxylic acid groups (broad SMARTS) is 1. The third-order valence-corrected chi connectivity index (χ3v) is 3.91. The first-order valence-corrected chi connectivity index (χ1v) is 6.38. The van der Waals surface area contributed by atoms with E-state index < -0.39 is 5.97 Å². The summed E-state index contributed by atoms with van der Waals surface area (Å²) in [6, 6.07) is 0. The fourth-order valence-corrected chi connectivity index (χ4v) is 2.78. The van der Waals surface area contributed by atoms with Crippen molar-refractivity contribution in [2.24, 2.45) is 5.92 Å². The van der Waals surface area contributed by atoms with Gasteiger partial charge in [-0.15, -0.1) is 0 Å². The molecule has 1 aliphatic heterocycles. The van der Waals surface area contributed by atoms with Crippen LogP contribution in [0.15, 0.2) is 0 Å². The van der Waals surface area contributed by atoms with Gasteiger partial charge in [-0.3, -0.25) is 4.79 Å². The third-order valence-electron chi connectivity index (χ3n) is 3.91. The lowest BCUT2D eigenvalue weighted by molar-refractivity contribution is -0.139. The van der Waals surface area contributed by atoms with Crippen LogP contribution in [0.25, 0.3) is 0 Å². The van der Waals surface area contributed by atoms with Crippen LogP contribution in [0, 0.1) is 5.92 Å². The number of hydrogen-bond donors (Lipinski definition) is 3. The fraction of sp³-hybridized carbons (Fsp3) is 0.917. The van der Waals surface area contributed by atoms with Gasteiger partial charge < -0.3 is 15.7 Å². The van der Waals surface area contributed by atoms with Crippen molar-refractivity contribution < 1.29 is 9.90 Å². The third kappa shape index (κ3) is 2.95. The molecule has 0 aromatic heterocycles. The van der Waals surface area contributed by atoms with Gasteiger partial charge in [-0.2, -0.15) is 0 Å². The Labute approximate surface area is 96.8 Å². The molecule has 3 N–H and O–H groups in total. The van der Waals surface area contributed by atoms with Gasteiger partial charge >= 0.3 is 5.97 Å². The van der Waals surface area contributed by atoms with Crippen LogP contribution in [0.1, 0.15) is 38.5 Å². The van der Waals surface area contributed by atoms with Crippen LogP contribution in [0.5, 0.6) is 0 Å². The summed E-state index contributed by atoms with van der Waals surface area (Å²) in [7, 11) is 0. The van der Waals surface area contributed by atoms with E-state index >= 15 is 0 Å². The molecule has 4 heteroatoms. The first-order chi connectivity index (χ1) is 7.70. The lowest BCUT2D eigenvalue weighted by Gasteiger charge is -2.43. The van der Waals surface area contributed by atoms with Crippen molar-refractivity contribution in [3.63, 3.8) is 0 Å². The lowest BCUT2D eigenvalue weighted by Crippen LogP contribution is -2.69. The number of aliphatic carboxylic acids is 1. The highest BCUT2D eigenvalue weighted by Crippen LogP contribution is 2.24. The van der Waals surface area contributed by atoms with Crippen molar-refractivity contribution >= 4 is 5.97 Å². The largest absolute Gasteiger partial charge is 0.481 e. The Kier molecular flexibility index (Phi) is 3.82. The molecule has 0 radical (unpaired) electrons. The SMILES string of the molecule is O=C(O)CC1(NCC2CCCCC2)CNC1. The van der Waals surface area contributed by atoms with Crippen molar-refractivity contribution in [3.8, 4) is 0 Å².